The Bertz CT molecular complexity index is 1020. The van der Waals surface area contributed by atoms with Crippen LogP contribution in [0.15, 0.2) is 46.9 Å². The predicted molar refractivity (Wildman–Crippen MR) is 99.5 cm³/mol. The molecule has 0 N–H and O–H groups in total. The van der Waals surface area contributed by atoms with Crippen LogP contribution in [0.25, 0.3) is 6.08 Å². The lowest BCUT2D eigenvalue weighted by atomic mass is 10.0. The molecule has 142 valence electrons. The van der Waals surface area contributed by atoms with Gasteiger partial charge in [0.05, 0.1) is 24.4 Å². The van der Waals surface area contributed by atoms with Crippen LogP contribution < -0.4 is 9.47 Å². The Kier molecular flexibility index (Phi) is 5.32. The maximum Gasteiger partial charge on any atom is 0.191 e. The maximum absolute atomic E-state index is 13.5. The first-order valence-electron chi connectivity index (χ1n) is 8.44. The molecule has 27 heavy (non-hydrogen) atoms. The molecule has 0 amide bonds. The molecule has 5 nitrogen and oxygen atoms in total. The maximum atomic E-state index is 13.5. The van der Waals surface area contributed by atoms with E-state index < -0.39 is 27.2 Å². The van der Waals surface area contributed by atoms with Crippen molar-refractivity contribution in [2.75, 3.05) is 19.5 Å². The summed E-state index contributed by atoms with van der Waals surface area (Å²) < 4.78 is 49.3. The summed E-state index contributed by atoms with van der Waals surface area (Å²) in [5.41, 5.74) is 0.536. The van der Waals surface area contributed by atoms with Gasteiger partial charge in [-0.15, -0.1) is 0 Å². The first-order chi connectivity index (χ1) is 12.9. The molecule has 0 bridgehead atoms. The van der Waals surface area contributed by atoms with Crippen LogP contribution in [0, 0.1) is 5.82 Å². The number of hydrogen-bond donors (Lipinski definition) is 0. The van der Waals surface area contributed by atoms with E-state index in [9.17, 15) is 17.6 Å². The summed E-state index contributed by atoms with van der Waals surface area (Å²) in [5.74, 6) is -0.532. The third-order valence-corrected chi connectivity index (χ3v) is 5.87. The second-order valence-electron chi connectivity index (χ2n) is 6.16. The lowest BCUT2D eigenvalue weighted by molar-refractivity contribution is 0.103. The number of Topliss-reactive ketones (excluding diaryl/α,β-unsaturated/α-hetero) is 1. The van der Waals surface area contributed by atoms with Gasteiger partial charge in [0.2, 0.25) is 0 Å². The molecule has 0 fully saturated rings. The van der Waals surface area contributed by atoms with E-state index in [0.717, 1.165) is 24.6 Å². The highest BCUT2D eigenvalue weighted by Crippen LogP contribution is 2.32. The normalized spacial score (nSPS) is 16.9. The van der Waals surface area contributed by atoms with E-state index >= 15 is 0 Å². The highest BCUT2D eigenvalue weighted by molar-refractivity contribution is 7.91. The molecule has 1 aliphatic rings. The molecule has 0 saturated carbocycles. The van der Waals surface area contributed by atoms with Gasteiger partial charge < -0.3 is 9.47 Å². The quantitative estimate of drug-likeness (QED) is 0.575. The molecular weight excluding hydrogens is 371 g/mol. The SMILES string of the molecule is CCCOc1ccc(/C=C2\CS(=O)(=O)c3ccc(F)cc3C2=O)cc1OC. The Morgan fingerprint density at radius 3 is 2.63 bits per heavy atom. The molecule has 2 aromatic rings. The van der Waals surface area contributed by atoms with Crippen molar-refractivity contribution in [1.29, 1.82) is 0 Å². The summed E-state index contributed by atoms with van der Waals surface area (Å²) in [5, 5.41) is 0. The van der Waals surface area contributed by atoms with Crippen LogP contribution in [0.2, 0.25) is 0 Å². The van der Waals surface area contributed by atoms with Crippen molar-refractivity contribution in [3.8, 4) is 11.5 Å². The predicted octanol–water partition coefficient (Wildman–Crippen LogP) is 3.68. The van der Waals surface area contributed by atoms with Gasteiger partial charge in [0.15, 0.2) is 27.1 Å². The number of ether oxygens (including phenoxy) is 2. The van der Waals surface area contributed by atoms with Gasteiger partial charge in [-0.3, -0.25) is 4.79 Å². The zero-order valence-electron chi connectivity index (χ0n) is 15.0. The molecule has 0 spiro atoms. The first kappa shape index (κ1) is 19.1. The summed E-state index contributed by atoms with van der Waals surface area (Å²) in [6.07, 6.45) is 2.33. The van der Waals surface area contributed by atoms with Crippen LogP contribution in [0.5, 0.6) is 11.5 Å². The van der Waals surface area contributed by atoms with Gasteiger partial charge >= 0.3 is 0 Å². The Hall–Kier alpha value is -2.67. The number of hydrogen-bond acceptors (Lipinski definition) is 5. The van der Waals surface area contributed by atoms with Gasteiger partial charge in [-0.1, -0.05) is 13.0 Å². The molecule has 0 atom stereocenters. The largest absolute Gasteiger partial charge is 0.493 e. The standard InChI is InChI=1S/C20H19FO5S/c1-3-8-26-17-6-4-13(10-18(17)25-2)9-14-12-27(23,24)19-7-5-15(21)11-16(19)20(14)22/h4-7,9-11H,3,8,12H2,1-2H3/b14-9+. The van der Waals surface area contributed by atoms with Crippen molar-refractivity contribution in [3.05, 3.63) is 58.9 Å². The zero-order chi connectivity index (χ0) is 19.6. The second kappa shape index (κ2) is 7.52. The van der Waals surface area contributed by atoms with Crippen LogP contribution >= 0.6 is 0 Å². The number of sulfone groups is 1. The molecule has 7 heteroatoms. The molecule has 0 saturated heterocycles. The second-order valence-corrected chi connectivity index (χ2v) is 8.12. The van der Waals surface area contributed by atoms with Gasteiger partial charge in [-0.2, -0.15) is 0 Å². The van der Waals surface area contributed by atoms with Crippen molar-refractivity contribution in [1.82, 2.24) is 0 Å². The monoisotopic (exact) mass is 390 g/mol. The third kappa shape index (κ3) is 3.88. The van der Waals surface area contributed by atoms with Crippen molar-refractivity contribution in [2.45, 2.75) is 18.2 Å². The number of ketones is 1. The number of fused-ring (bicyclic) bond motifs is 1. The van der Waals surface area contributed by atoms with Crippen molar-refractivity contribution in [3.63, 3.8) is 0 Å². The summed E-state index contributed by atoms with van der Waals surface area (Å²) in [4.78, 5) is 12.5. The van der Waals surface area contributed by atoms with E-state index in [1.165, 1.54) is 13.2 Å². The lowest BCUT2D eigenvalue weighted by Crippen LogP contribution is -2.24. The van der Waals surface area contributed by atoms with Crippen LogP contribution in [-0.2, 0) is 9.84 Å². The van der Waals surface area contributed by atoms with E-state index in [1.807, 2.05) is 6.92 Å². The topological polar surface area (TPSA) is 69.7 Å². The Labute approximate surface area is 157 Å². The van der Waals surface area contributed by atoms with Gasteiger partial charge in [0, 0.05) is 11.1 Å². The number of halogens is 1. The zero-order valence-corrected chi connectivity index (χ0v) is 15.8. The Morgan fingerprint density at radius 2 is 1.93 bits per heavy atom. The molecule has 0 unspecified atom stereocenters. The average molecular weight is 390 g/mol. The highest BCUT2D eigenvalue weighted by Gasteiger charge is 2.33. The average Bonchev–Trinajstić information content (AvgIpc) is 2.64. The van der Waals surface area contributed by atoms with Crippen LogP contribution in [0.4, 0.5) is 4.39 Å². The summed E-state index contributed by atoms with van der Waals surface area (Å²) in [6.45, 7) is 2.52. The van der Waals surface area contributed by atoms with E-state index in [0.29, 0.717) is 23.7 Å². The number of benzene rings is 2. The van der Waals surface area contributed by atoms with E-state index in [-0.39, 0.29) is 16.0 Å². The summed E-state index contributed by atoms with van der Waals surface area (Å²) >= 11 is 0. The first-order valence-corrected chi connectivity index (χ1v) is 10.1. The number of rotatable bonds is 5. The molecule has 2 aromatic carbocycles. The summed E-state index contributed by atoms with van der Waals surface area (Å²) in [6, 6.07) is 8.22. The van der Waals surface area contributed by atoms with E-state index in [1.54, 1.807) is 18.2 Å². The molecular formula is C20H19FO5S. The minimum Gasteiger partial charge on any atom is -0.493 e. The Morgan fingerprint density at radius 1 is 1.15 bits per heavy atom. The number of carbonyl (C=O) groups excluding carboxylic acids is 1. The smallest absolute Gasteiger partial charge is 0.191 e. The van der Waals surface area contributed by atoms with Crippen LogP contribution in [0.1, 0.15) is 29.3 Å². The fourth-order valence-electron chi connectivity index (χ4n) is 2.89. The van der Waals surface area contributed by atoms with Gasteiger partial charge in [-0.05, 0) is 48.4 Å². The molecule has 0 aromatic heterocycles. The van der Waals surface area contributed by atoms with E-state index in [2.05, 4.69) is 0 Å². The molecule has 3 rings (SSSR count). The highest BCUT2D eigenvalue weighted by atomic mass is 32.2. The molecule has 0 aliphatic carbocycles. The van der Waals surface area contributed by atoms with Crippen LogP contribution in [-0.4, -0.2) is 33.7 Å². The van der Waals surface area contributed by atoms with Crippen LogP contribution in [0.3, 0.4) is 0 Å². The van der Waals surface area contributed by atoms with E-state index in [4.69, 9.17) is 9.47 Å². The van der Waals surface area contributed by atoms with Crippen molar-refractivity contribution >= 4 is 21.7 Å². The minimum atomic E-state index is -3.71. The number of methoxy groups -OCH3 is 1. The molecule has 1 aliphatic heterocycles. The minimum absolute atomic E-state index is 0.0809. The third-order valence-electron chi connectivity index (χ3n) is 4.15. The van der Waals surface area contributed by atoms with Gasteiger partial charge in [0.25, 0.3) is 0 Å². The molecule has 1 heterocycles. The summed E-state index contributed by atoms with van der Waals surface area (Å²) in [7, 11) is -2.21. The Balaban J connectivity index is 2.01. The van der Waals surface area contributed by atoms with Gasteiger partial charge in [0.1, 0.15) is 5.82 Å². The number of carbonyl (C=O) groups is 1. The fraction of sp³-hybridized carbons (Fsp3) is 0.250. The molecule has 0 radical (unpaired) electrons. The lowest BCUT2D eigenvalue weighted by Gasteiger charge is -2.18. The van der Waals surface area contributed by atoms with Gasteiger partial charge in [-0.25, -0.2) is 12.8 Å². The van der Waals surface area contributed by atoms with Crippen molar-refractivity contribution in [2.24, 2.45) is 0 Å². The fourth-order valence-corrected chi connectivity index (χ4v) is 4.43. The van der Waals surface area contributed by atoms with Crippen molar-refractivity contribution < 1.29 is 27.1 Å².